The van der Waals surface area contributed by atoms with Gasteiger partial charge in [0.15, 0.2) is 5.82 Å². The van der Waals surface area contributed by atoms with E-state index in [2.05, 4.69) is 33.1 Å². The van der Waals surface area contributed by atoms with Gasteiger partial charge in [-0.2, -0.15) is 10.2 Å². The van der Waals surface area contributed by atoms with Crippen molar-refractivity contribution in [3.8, 4) is 17.7 Å². The minimum absolute atomic E-state index is 0.390. The Morgan fingerprint density at radius 3 is 2.76 bits per heavy atom. The number of rotatable bonds is 2. The number of nitrogens with one attached hydrogen (secondary N) is 1. The lowest BCUT2D eigenvalue weighted by Gasteiger charge is -2.34. The molecule has 0 radical (unpaired) electrons. The van der Waals surface area contributed by atoms with Crippen LogP contribution in [0.3, 0.4) is 0 Å². The molecule has 108 valence electrons. The van der Waals surface area contributed by atoms with Crippen molar-refractivity contribution >= 4 is 0 Å². The van der Waals surface area contributed by atoms with Gasteiger partial charge in [0.25, 0.3) is 5.89 Å². The van der Waals surface area contributed by atoms with Crippen LogP contribution in [0.1, 0.15) is 43.1 Å². The van der Waals surface area contributed by atoms with E-state index in [1.54, 1.807) is 12.1 Å². The summed E-state index contributed by atoms with van der Waals surface area (Å²) in [5, 5.41) is 13.0. The fourth-order valence-corrected chi connectivity index (χ4v) is 3.72. The van der Waals surface area contributed by atoms with Gasteiger partial charge in [0.2, 0.25) is 0 Å². The Kier molecular flexibility index (Phi) is 2.82. The quantitative estimate of drug-likeness (QED) is 0.914. The molecule has 2 aromatic rings. The van der Waals surface area contributed by atoms with Crippen molar-refractivity contribution < 1.29 is 4.52 Å². The van der Waals surface area contributed by atoms with Gasteiger partial charge in [0.05, 0.1) is 0 Å². The molecule has 4 rings (SSSR count). The number of aromatic nitrogens is 3. The van der Waals surface area contributed by atoms with Gasteiger partial charge in [-0.15, -0.1) is 0 Å². The first kappa shape index (κ1) is 12.6. The molecule has 0 saturated carbocycles. The summed E-state index contributed by atoms with van der Waals surface area (Å²) >= 11 is 0. The van der Waals surface area contributed by atoms with Crippen LogP contribution in [-0.2, 0) is 0 Å². The van der Waals surface area contributed by atoms with Crippen LogP contribution < -0.4 is 0 Å². The van der Waals surface area contributed by atoms with Crippen LogP contribution in [0.5, 0.6) is 0 Å². The lowest BCUT2D eigenvalue weighted by Crippen LogP contribution is -2.39. The molecule has 2 fully saturated rings. The number of nitrogens with zero attached hydrogens (tertiary/aromatic N) is 4. The summed E-state index contributed by atoms with van der Waals surface area (Å²) in [6.45, 7) is 0. The van der Waals surface area contributed by atoms with E-state index in [-0.39, 0.29) is 0 Å². The number of piperidine rings is 1. The summed E-state index contributed by atoms with van der Waals surface area (Å²) in [5.41, 5.74) is 1.21. The highest BCUT2D eigenvalue weighted by atomic mass is 16.5. The van der Waals surface area contributed by atoms with Gasteiger partial charge in [-0.1, -0.05) is 5.16 Å². The molecule has 2 aliphatic rings. The molecule has 21 heavy (non-hydrogen) atoms. The summed E-state index contributed by atoms with van der Waals surface area (Å²) in [4.78, 5) is 10.0. The van der Waals surface area contributed by atoms with E-state index in [0.29, 0.717) is 35.3 Å². The van der Waals surface area contributed by atoms with E-state index in [1.165, 1.54) is 12.8 Å². The zero-order valence-electron chi connectivity index (χ0n) is 11.9. The Balaban J connectivity index is 1.56. The van der Waals surface area contributed by atoms with Gasteiger partial charge in [0, 0.05) is 18.0 Å². The lowest BCUT2D eigenvalue weighted by molar-refractivity contribution is 0.157. The molecule has 4 heterocycles. The monoisotopic (exact) mass is 283 g/mol. The largest absolute Gasteiger partial charge is 0.342 e. The molecule has 2 bridgehead atoms. The van der Waals surface area contributed by atoms with Crippen molar-refractivity contribution in [3.05, 3.63) is 23.7 Å². The number of H-pyrrole nitrogens is 1. The lowest BCUT2D eigenvalue weighted by atomic mass is 9.90. The summed E-state index contributed by atoms with van der Waals surface area (Å²) in [7, 11) is 2.22. The third-order valence-electron chi connectivity index (χ3n) is 4.94. The van der Waals surface area contributed by atoms with E-state index < -0.39 is 0 Å². The van der Waals surface area contributed by atoms with Gasteiger partial charge in [0.1, 0.15) is 17.5 Å². The van der Waals surface area contributed by atoms with Crippen LogP contribution in [0.25, 0.3) is 11.6 Å². The van der Waals surface area contributed by atoms with E-state index in [9.17, 15) is 0 Å². The van der Waals surface area contributed by atoms with Crippen molar-refractivity contribution in [1.29, 1.82) is 5.26 Å². The fraction of sp³-hybridized carbons (Fsp3) is 0.533. The molecule has 0 amide bonds. The van der Waals surface area contributed by atoms with Crippen molar-refractivity contribution in [2.75, 3.05) is 7.05 Å². The molecule has 1 N–H and O–H groups in total. The number of fused-ring (bicyclic) bond motifs is 2. The average Bonchev–Trinajstić information content (AvgIpc) is 3.18. The highest BCUT2D eigenvalue weighted by molar-refractivity contribution is 5.49. The van der Waals surface area contributed by atoms with Crippen LogP contribution >= 0.6 is 0 Å². The minimum atomic E-state index is 0.390. The molecule has 0 aliphatic carbocycles. The summed E-state index contributed by atoms with van der Waals surface area (Å²) in [6.07, 6.45) is 4.79. The van der Waals surface area contributed by atoms with E-state index in [4.69, 9.17) is 9.78 Å². The van der Waals surface area contributed by atoms with Crippen LogP contribution in [0.4, 0.5) is 0 Å². The first-order chi connectivity index (χ1) is 10.2. The smallest absolute Gasteiger partial charge is 0.274 e. The zero-order chi connectivity index (χ0) is 14.4. The second kappa shape index (κ2) is 4.71. The maximum atomic E-state index is 8.84. The molecule has 0 spiro atoms. The van der Waals surface area contributed by atoms with Gasteiger partial charge in [-0.05, 0) is 44.9 Å². The third-order valence-corrected chi connectivity index (χ3v) is 4.94. The molecule has 2 saturated heterocycles. The van der Waals surface area contributed by atoms with Crippen molar-refractivity contribution in [2.45, 2.75) is 43.7 Å². The molecule has 2 atom stereocenters. The number of nitriles is 1. The summed E-state index contributed by atoms with van der Waals surface area (Å²) in [6, 6.07) is 6.90. The Bertz CT molecular complexity index is 683. The minimum Gasteiger partial charge on any atom is -0.342 e. The van der Waals surface area contributed by atoms with Gasteiger partial charge in [-0.25, -0.2) is 0 Å². The molecular weight excluding hydrogens is 266 g/mol. The van der Waals surface area contributed by atoms with Crippen LogP contribution in [0, 0.1) is 11.3 Å². The van der Waals surface area contributed by atoms with Gasteiger partial charge in [-0.3, -0.25) is 0 Å². The maximum absolute atomic E-state index is 8.84. The fourth-order valence-electron chi connectivity index (χ4n) is 3.72. The molecule has 2 aromatic heterocycles. The predicted molar refractivity (Wildman–Crippen MR) is 75.3 cm³/mol. The molecule has 2 aliphatic heterocycles. The summed E-state index contributed by atoms with van der Waals surface area (Å²) < 4.78 is 5.36. The van der Waals surface area contributed by atoms with Crippen molar-refractivity contribution in [2.24, 2.45) is 0 Å². The Hall–Kier alpha value is -2.13. The standard InChI is InChI=1S/C15H17N5O/c1-20-11-3-4-12(20)7-9(6-11)14-18-15(21-19-14)13-5-2-10(8-16)17-13/h2,5,9,11-12,17H,3-4,6-7H2,1H3. The highest BCUT2D eigenvalue weighted by Gasteiger charge is 2.40. The molecule has 0 aromatic carbocycles. The van der Waals surface area contributed by atoms with E-state index in [0.717, 1.165) is 18.7 Å². The van der Waals surface area contributed by atoms with Crippen LogP contribution in [0.2, 0.25) is 0 Å². The Morgan fingerprint density at radius 1 is 1.33 bits per heavy atom. The molecule has 2 unspecified atom stereocenters. The highest BCUT2D eigenvalue weighted by Crippen LogP contribution is 2.41. The van der Waals surface area contributed by atoms with Gasteiger partial charge < -0.3 is 14.4 Å². The Labute approximate surface area is 122 Å². The third kappa shape index (κ3) is 2.05. The van der Waals surface area contributed by atoms with Crippen molar-refractivity contribution in [3.63, 3.8) is 0 Å². The second-order valence-corrected chi connectivity index (χ2v) is 6.07. The van der Waals surface area contributed by atoms with Crippen molar-refractivity contribution in [1.82, 2.24) is 20.0 Å². The number of hydrogen-bond acceptors (Lipinski definition) is 5. The molecular formula is C15H17N5O. The number of aromatic amines is 1. The predicted octanol–water partition coefficient (Wildman–Crippen LogP) is 2.28. The first-order valence-electron chi connectivity index (χ1n) is 7.39. The topological polar surface area (TPSA) is 81.7 Å². The molecule has 6 nitrogen and oxygen atoms in total. The number of hydrogen-bond donors (Lipinski definition) is 1. The van der Waals surface area contributed by atoms with E-state index in [1.807, 2.05) is 0 Å². The first-order valence-corrected chi connectivity index (χ1v) is 7.39. The Morgan fingerprint density at radius 2 is 2.10 bits per heavy atom. The SMILES string of the molecule is CN1C2CCC1CC(c1noc(-c3ccc(C#N)[nH]3)n1)C2. The normalized spacial score (nSPS) is 28.7. The summed E-state index contributed by atoms with van der Waals surface area (Å²) in [5.74, 6) is 1.67. The van der Waals surface area contributed by atoms with E-state index >= 15 is 0 Å². The van der Waals surface area contributed by atoms with Gasteiger partial charge >= 0.3 is 0 Å². The zero-order valence-corrected chi connectivity index (χ0v) is 11.9. The second-order valence-electron chi connectivity index (χ2n) is 6.07. The average molecular weight is 283 g/mol. The molecule has 6 heteroatoms. The maximum Gasteiger partial charge on any atom is 0.274 e. The van der Waals surface area contributed by atoms with Crippen LogP contribution in [0.15, 0.2) is 16.7 Å². The van der Waals surface area contributed by atoms with Crippen LogP contribution in [-0.4, -0.2) is 39.2 Å².